The molecule has 0 saturated carbocycles. The van der Waals surface area contributed by atoms with Crippen LogP contribution in [0.15, 0.2) is 22.5 Å². The Morgan fingerprint density at radius 3 is 2.41 bits per heavy atom. The van der Waals surface area contributed by atoms with Crippen molar-refractivity contribution in [3.8, 4) is 0 Å². The van der Waals surface area contributed by atoms with Crippen LogP contribution < -0.4 is 4.80 Å². The van der Waals surface area contributed by atoms with Gasteiger partial charge in [-0.25, -0.2) is 4.99 Å². The molecule has 0 radical (unpaired) electrons. The highest BCUT2D eigenvalue weighted by Gasteiger charge is 2.20. The van der Waals surface area contributed by atoms with E-state index in [-0.39, 0.29) is 0 Å². The number of rotatable bonds is 4. The first-order chi connectivity index (χ1) is 10.3. The van der Waals surface area contributed by atoms with E-state index in [0.717, 1.165) is 10.5 Å². The number of aliphatic carboxylic acids is 1. The number of thiazole rings is 1. The van der Waals surface area contributed by atoms with Crippen LogP contribution in [0, 0.1) is 6.92 Å². The fraction of sp³-hybridized carbons (Fsp3) is 0.333. The number of aromatic nitrogens is 1. The van der Waals surface area contributed by atoms with E-state index in [0.29, 0.717) is 27.7 Å². The lowest BCUT2D eigenvalue weighted by Gasteiger charge is -2.12. The number of aryl methyl sites for hydroxylation is 1. The van der Waals surface area contributed by atoms with E-state index in [2.05, 4.69) is 4.99 Å². The fourth-order valence-corrected chi connectivity index (χ4v) is 3.56. The molecular formula is C15H16Cl2N2O2S. The zero-order chi connectivity index (χ0) is 16.4. The number of hydrogen-bond acceptors (Lipinski definition) is 3. The molecule has 0 aliphatic heterocycles. The maximum Gasteiger partial charge on any atom is 0.310 e. The average Bonchev–Trinajstić information content (AvgIpc) is 2.75. The maximum absolute atomic E-state index is 11.3. The minimum Gasteiger partial charge on any atom is -0.481 e. The van der Waals surface area contributed by atoms with E-state index in [9.17, 15) is 9.90 Å². The first-order valence-corrected chi connectivity index (χ1v) is 8.36. The Labute approximate surface area is 142 Å². The minimum absolute atomic E-state index is 0.355. The van der Waals surface area contributed by atoms with Gasteiger partial charge in [0.15, 0.2) is 4.80 Å². The fourth-order valence-electron chi connectivity index (χ4n) is 2.09. The van der Waals surface area contributed by atoms with Gasteiger partial charge in [-0.1, -0.05) is 30.1 Å². The molecule has 1 N–H and O–H groups in total. The van der Waals surface area contributed by atoms with Crippen LogP contribution in [-0.2, 0) is 11.8 Å². The Hall–Kier alpha value is -1.30. The van der Waals surface area contributed by atoms with E-state index in [1.165, 1.54) is 11.3 Å². The molecule has 2 rings (SSSR count). The highest BCUT2D eigenvalue weighted by atomic mass is 35.5. The number of carboxylic acids is 1. The van der Waals surface area contributed by atoms with Crippen LogP contribution >= 0.6 is 34.5 Å². The Kier molecular flexibility index (Phi) is 5.32. The van der Waals surface area contributed by atoms with Crippen molar-refractivity contribution in [2.45, 2.75) is 26.2 Å². The molecule has 1 heterocycles. The topological polar surface area (TPSA) is 54.6 Å². The molecule has 0 aliphatic carbocycles. The van der Waals surface area contributed by atoms with Crippen LogP contribution in [0.2, 0.25) is 10.0 Å². The summed E-state index contributed by atoms with van der Waals surface area (Å²) in [4.78, 5) is 16.5. The van der Waals surface area contributed by atoms with Crippen molar-refractivity contribution in [1.82, 2.24) is 4.57 Å². The number of hydrogen-bond donors (Lipinski definition) is 1. The molecule has 22 heavy (non-hydrogen) atoms. The summed E-state index contributed by atoms with van der Waals surface area (Å²) >= 11 is 14.0. The van der Waals surface area contributed by atoms with Crippen molar-refractivity contribution in [2.24, 2.45) is 12.0 Å². The molecule has 7 heteroatoms. The standard InChI is InChI=1S/C15H16Cl2N2O2S/c1-4-10(14(20)21)9-5-11(16)13(12(17)6-9)18-15-19(3)8(2)7-22-15/h5-7,10H,4H2,1-3H3,(H,20,21)/b18-15-. The molecule has 118 valence electrons. The molecule has 4 nitrogen and oxygen atoms in total. The third kappa shape index (κ3) is 3.37. The summed E-state index contributed by atoms with van der Waals surface area (Å²) in [6, 6.07) is 3.27. The van der Waals surface area contributed by atoms with Crippen LogP contribution in [0.1, 0.15) is 30.5 Å². The highest BCUT2D eigenvalue weighted by Crippen LogP contribution is 2.37. The smallest absolute Gasteiger partial charge is 0.310 e. The molecule has 1 aromatic carbocycles. The molecule has 2 aromatic rings. The maximum atomic E-state index is 11.3. The van der Waals surface area contributed by atoms with Crippen LogP contribution in [0.25, 0.3) is 0 Å². The molecule has 0 fully saturated rings. The average molecular weight is 359 g/mol. The summed E-state index contributed by atoms with van der Waals surface area (Å²) in [5.74, 6) is -1.51. The molecule has 1 aromatic heterocycles. The monoisotopic (exact) mass is 358 g/mol. The van der Waals surface area contributed by atoms with E-state index in [1.54, 1.807) is 12.1 Å². The first kappa shape index (κ1) is 17.1. The molecule has 0 bridgehead atoms. The second kappa shape index (κ2) is 6.86. The molecular weight excluding hydrogens is 343 g/mol. The molecule has 0 spiro atoms. The van der Waals surface area contributed by atoms with Crippen molar-refractivity contribution in [3.63, 3.8) is 0 Å². The van der Waals surface area contributed by atoms with Crippen molar-refractivity contribution >= 4 is 46.2 Å². The summed E-state index contributed by atoms with van der Waals surface area (Å²) in [5.41, 5.74) is 2.14. The van der Waals surface area contributed by atoms with Crippen molar-refractivity contribution in [2.75, 3.05) is 0 Å². The normalized spacial score (nSPS) is 13.4. The highest BCUT2D eigenvalue weighted by molar-refractivity contribution is 7.07. The van der Waals surface area contributed by atoms with E-state index in [1.807, 2.05) is 30.8 Å². The van der Waals surface area contributed by atoms with Gasteiger partial charge in [-0.3, -0.25) is 4.79 Å². The van der Waals surface area contributed by atoms with Crippen molar-refractivity contribution < 1.29 is 9.90 Å². The van der Waals surface area contributed by atoms with Gasteiger partial charge < -0.3 is 9.67 Å². The Morgan fingerprint density at radius 1 is 1.41 bits per heavy atom. The van der Waals surface area contributed by atoms with E-state index >= 15 is 0 Å². The van der Waals surface area contributed by atoms with Gasteiger partial charge in [-0.15, -0.1) is 11.3 Å². The van der Waals surface area contributed by atoms with Gasteiger partial charge in [-0.05, 0) is 31.0 Å². The number of nitrogens with zero attached hydrogens (tertiary/aromatic N) is 2. The Balaban J connectivity index is 2.55. The summed E-state index contributed by atoms with van der Waals surface area (Å²) in [6.07, 6.45) is 0.470. The molecule has 0 amide bonds. The zero-order valence-corrected chi connectivity index (χ0v) is 14.8. The predicted octanol–water partition coefficient (Wildman–Crippen LogP) is 4.51. The molecule has 1 atom stereocenters. The van der Waals surface area contributed by atoms with Crippen LogP contribution in [-0.4, -0.2) is 15.6 Å². The van der Waals surface area contributed by atoms with Gasteiger partial charge in [0.2, 0.25) is 0 Å². The number of carboxylic acid groups (broad SMARTS) is 1. The number of carbonyl (C=O) groups is 1. The van der Waals surface area contributed by atoms with Crippen LogP contribution in [0.5, 0.6) is 0 Å². The lowest BCUT2D eigenvalue weighted by molar-refractivity contribution is -0.138. The van der Waals surface area contributed by atoms with Gasteiger partial charge in [0.25, 0.3) is 0 Å². The molecule has 0 saturated heterocycles. The predicted molar refractivity (Wildman–Crippen MR) is 90.4 cm³/mol. The molecule has 1 unspecified atom stereocenters. The second-order valence-corrected chi connectivity index (χ2v) is 6.61. The van der Waals surface area contributed by atoms with Crippen molar-refractivity contribution in [3.05, 3.63) is 43.6 Å². The minimum atomic E-state index is -0.889. The van der Waals surface area contributed by atoms with Gasteiger partial charge in [0.05, 0.1) is 16.0 Å². The van der Waals surface area contributed by atoms with Crippen molar-refractivity contribution in [1.29, 1.82) is 0 Å². The third-order valence-corrected chi connectivity index (χ3v) is 5.12. The first-order valence-electron chi connectivity index (χ1n) is 6.72. The largest absolute Gasteiger partial charge is 0.481 e. The SMILES string of the molecule is CCC(C(=O)O)c1cc(Cl)c(/N=c2\scc(C)n2C)c(Cl)c1. The third-order valence-electron chi connectivity index (χ3n) is 3.51. The Morgan fingerprint density at radius 2 is 2.00 bits per heavy atom. The quantitative estimate of drug-likeness (QED) is 0.873. The molecule has 0 aliphatic rings. The Bertz CT molecular complexity index is 757. The van der Waals surface area contributed by atoms with Gasteiger partial charge in [0, 0.05) is 18.1 Å². The second-order valence-electron chi connectivity index (χ2n) is 4.96. The number of halogens is 2. The van der Waals surface area contributed by atoms with Gasteiger partial charge in [-0.2, -0.15) is 0 Å². The van der Waals surface area contributed by atoms with E-state index in [4.69, 9.17) is 23.2 Å². The van der Waals surface area contributed by atoms with Gasteiger partial charge in [0.1, 0.15) is 5.69 Å². The summed E-state index contributed by atoms with van der Waals surface area (Å²) in [6.45, 7) is 3.80. The number of benzene rings is 1. The summed E-state index contributed by atoms with van der Waals surface area (Å²) in [7, 11) is 1.92. The van der Waals surface area contributed by atoms with Gasteiger partial charge >= 0.3 is 5.97 Å². The zero-order valence-electron chi connectivity index (χ0n) is 12.4. The van der Waals surface area contributed by atoms with Crippen LogP contribution in [0.3, 0.4) is 0 Å². The summed E-state index contributed by atoms with van der Waals surface area (Å²) in [5, 5.41) is 11.9. The van der Waals surface area contributed by atoms with Crippen LogP contribution in [0.4, 0.5) is 5.69 Å². The lowest BCUT2D eigenvalue weighted by Crippen LogP contribution is -2.11. The van der Waals surface area contributed by atoms with E-state index < -0.39 is 11.9 Å². The lowest BCUT2D eigenvalue weighted by atomic mass is 9.96. The summed E-state index contributed by atoms with van der Waals surface area (Å²) < 4.78 is 1.94.